The van der Waals surface area contributed by atoms with Gasteiger partial charge in [-0.25, -0.2) is 0 Å². The molecule has 18 heavy (non-hydrogen) atoms. The molecule has 1 aromatic rings. The van der Waals surface area contributed by atoms with Crippen LogP contribution in [0.4, 0.5) is 0 Å². The maximum atomic E-state index is 2.39. The zero-order valence-corrected chi connectivity index (χ0v) is 12.6. The first-order chi connectivity index (χ1) is 8.63. The van der Waals surface area contributed by atoms with E-state index in [2.05, 4.69) is 39.8 Å². The lowest BCUT2D eigenvalue weighted by atomic mass is 9.75. The fourth-order valence-electron chi connectivity index (χ4n) is 3.59. The average molecular weight is 246 g/mol. The molecular formula is C18H30. The summed E-state index contributed by atoms with van der Waals surface area (Å²) in [5.41, 5.74) is 6.13. The third-order valence-electron chi connectivity index (χ3n) is 5.08. The van der Waals surface area contributed by atoms with Gasteiger partial charge < -0.3 is 0 Å². The van der Waals surface area contributed by atoms with Gasteiger partial charge in [-0.1, -0.05) is 31.9 Å². The van der Waals surface area contributed by atoms with Crippen molar-refractivity contribution in [2.45, 2.75) is 72.1 Å². The Morgan fingerprint density at radius 2 is 1.67 bits per heavy atom. The highest BCUT2D eigenvalue weighted by molar-refractivity contribution is 5.40. The van der Waals surface area contributed by atoms with Gasteiger partial charge in [0.05, 0.1) is 0 Å². The molecule has 0 saturated heterocycles. The van der Waals surface area contributed by atoms with E-state index in [9.17, 15) is 0 Å². The molecule has 2 rings (SSSR count). The zero-order chi connectivity index (χ0) is 13.1. The lowest BCUT2D eigenvalue weighted by molar-refractivity contribution is 0.308. The minimum absolute atomic E-state index is 0. The van der Waals surface area contributed by atoms with Gasteiger partial charge in [-0.05, 0) is 80.5 Å². The van der Waals surface area contributed by atoms with Crippen LogP contribution in [-0.2, 0) is 0 Å². The molecular weight excluding hydrogens is 216 g/mol. The third kappa shape index (κ3) is 2.79. The van der Waals surface area contributed by atoms with Crippen LogP contribution in [0.5, 0.6) is 0 Å². The maximum Gasteiger partial charge on any atom is 0 e. The van der Waals surface area contributed by atoms with Crippen molar-refractivity contribution in [1.82, 2.24) is 0 Å². The standard InChI is InChI=1S/C18H28.H2/c1-5-6-16-8-10-17(11-9-16)18-12-7-13(2)14(3)15(18)4;/h7,12,16-17H,5-6,8-11H2,1-4H3;1H. The molecule has 0 unspecified atom stereocenters. The number of benzene rings is 1. The monoisotopic (exact) mass is 246 g/mol. The van der Waals surface area contributed by atoms with Crippen LogP contribution in [0.3, 0.4) is 0 Å². The van der Waals surface area contributed by atoms with E-state index in [0.29, 0.717) is 0 Å². The molecule has 0 radical (unpaired) electrons. The Balaban J connectivity index is 0.00000180. The molecule has 1 aliphatic carbocycles. The summed E-state index contributed by atoms with van der Waals surface area (Å²) in [4.78, 5) is 0. The van der Waals surface area contributed by atoms with Gasteiger partial charge in [0.1, 0.15) is 0 Å². The summed E-state index contributed by atoms with van der Waals surface area (Å²) in [5.74, 6) is 1.84. The summed E-state index contributed by atoms with van der Waals surface area (Å²) in [6.07, 6.45) is 8.52. The average Bonchev–Trinajstić information content (AvgIpc) is 2.38. The Morgan fingerprint density at radius 3 is 2.28 bits per heavy atom. The molecule has 0 aliphatic heterocycles. The van der Waals surface area contributed by atoms with E-state index < -0.39 is 0 Å². The molecule has 0 atom stereocenters. The van der Waals surface area contributed by atoms with Crippen LogP contribution < -0.4 is 0 Å². The summed E-state index contributed by atoms with van der Waals surface area (Å²) < 4.78 is 0. The van der Waals surface area contributed by atoms with E-state index >= 15 is 0 Å². The Hall–Kier alpha value is -0.780. The highest BCUT2D eigenvalue weighted by atomic mass is 14.3. The SMILES string of the molecule is CCCC1CCC(c2ccc(C)c(C)c2C)CC1.[HH]. The van der Waals surface area contributed by atoms with E-state index in [1.165, 1.54) is 49.7 Å². The van der Waals surface area contributed by atoms with Crippen molar-refractivity contribution in [1.29, 1.82) is 0 Å². The normalized spacial score (nSPS) is 24.2. The molecule has 0 bridgehead atoms. The molecule has 1 saturated carbocycles. The van der Waals surface area contributed by atoms with Crippen LogP contribution in [0.25, 0.3) is 0 Å². The third-order valence-corrected chi connectivity index (χ3v) is 5.08. The summed E-state index contributed by atoms with van der Waals surface area (Å²) in [5, 5.41) is 0. The van der Waals surface area contributed by atoms with Gasteiger partial charge in [-0.3, -0.25) is 0 Å². The molecule has 0 spiro atoms. The predicted octanol–water partition coefficient (Wildman–Crippen LogP) is 5.93. The molecule has 0 nitrogen and oxygen atoms in total. The van der Waals surface area contributed by atoms with Crippen LogP contribution in [0.15, 0.2) is 12.1 Å². The van der Waals surface area contributed by atoms with Crippen molar-refractivity contribution in [2.24, 2.45) is 5.92 Å². The Kier molecular flexibility index (Phi) is 4.48. The second kappa shape index (κ2) is 5.91. The molecule has 0 heterocycles. The Morgan fingerprint density at radius 1 is 1.00 bits per heavy atom. The summed E-state index contributed by atoms with van der Waals surface area (Å²) in [7, 11) is 0. The molecule has 102 valence electrons. The summed E-state index contributed by atoms with van der Waals surface area (Å²) in [6.45, 7) is 9.14. The minimum Gasteiger partial charge on any atom is -0.0654 e. The number of aryl methyl sites for hydroxylation is 1. The van der Waals surface area contributed by atoms with Crippen molar-refractivity contribution in [3.63, 3.8) is 0 Å². The number of rotatable bonds is 3. The molecule has 1 fully saturated rings. The summed E-state index contributed by atoms with van der Waals surface area (Å²) in [6, 6.07) is 4.71. The van der Waals surface area contributed by atoms with E-state index in [4.69, 9.17) is 0 Å². The Bertz CT molecular complexity index is 400. The first-order valence-corrected chi connectivity index (χ1v) is 7.70. The van der Waals surface area contributed by atoms with E-state index in [-0.39, 0.29) is 1.43 Å². The molecule has 0 aromatic heterocycles. The van der Waals surface area contributed by atoms with Gasteiger partial charge in [-0.2, -0.15) is 0 Å². The highest BCUT2D eigenvalue weighted by Crippen LogP contribution is 2.39. The lowest BCUT2D eigenvalue weighted by Crippen LogP contribution is -2.14. The van der Waals surface area contributed by atoms with Crippen LogP contribution in [0, 0.1) is 26.7 Å². The predicted molar refractivity (Wildman–Crippen MR) is 82.4 cm³/mol. The first kappa shape index (κ1) is 13.6. The molecule has 0 heteroatoms. The van der Waals surface area contributed by atoms with Crippen molar-refractivity contribution in [2.75, 3.05) is 0 Å². The van der Waals surface area contributed by atoms with Crippen LogP contribution >= 0.6 is 0 Å². The van der Waals surface area contributed by atoms with Gasteiger partial charge in [0.25, 0.3) is 0 Å². The summed E-state index contributed by atoms with van der Waals surface area (Å²) >= 11 is 0. The van der Waals surface area contributed by atoms with Gasteiger partial charge in [0.15, 0.2) is 0 Å². The maximum absolute atomic E-state index is 2.39. The fraction of sp³-hybridized carbons (Fsp3) is 0.667. The first-order valence-electron chi connectivity index (χ1n) is 7.70. The van der Waals surface area contributed by atoms with Crippen LogP contribution in [0.2, 0.25) is 0 Å². The van der Waals surface area contributed by atoms with Crippen molar-refractivity contribution < 1.29 is 1.43 Å². The largest absolute Gasteiger partial charge is 0.0654 e. The smallest absolute Gasteiger partial charge is 0 e. The van der Waals surface area contributed by atoms with Gasteiger partial charge in [0.2, 0.25) is 0 Å². The molecule has 1 aliphatic rings. The van der Waals surface area contributed by atoms with E-state index in [1.807, 2.05) is 0 Å². The van der Waals surface area contributed by atoms with Crippen molar-refractivity contribution >= 4 is 0 Å². The van der Waals surface area contributed by atoms with Gasteiger partial charge in [-0.15, -0.1) is 0 Å². The molecule has 1 aromatic carbocycles. The van der Waals surface area contributed by atoms with Gasteiger partial charge >= 0.3 is 0 Å². The quantitative estimate of drug-likeness (QED) is 0.620. The highest BCUT2D eigenvalue weighted by Gasteiger charge is 2.23. The van der Waals surface area contributed by atoms with Gasteiger partial charge in [0, 0.05) is 1.43 Å². The van der Waals surface area contributed by atoms with E-state index in [1.54, 1.807) is 11.1 Å². The molecule has 0 amide bonds. The van der Waals surface area contributed by atoms with Crippen LogP contribution in [-0.4, -0.2) is 0 Å². The number of hydrogen-bond donors (Lipinski definition) is 0. The van der Waals surface area contributed by atoms with Crippen molar-refractivity contribution in [3.8, 4) is 0 Å². The van der Waals surface area contributed by atoms with Crippen LogP contribution in [0.1, 0.15) is 75.0 Å². The Labute approximate surface area is 114 Å². The lowest BCUT2D eigenvalue weighted by Gasteiger charge is -2.30. The zero-order valence-electron chi connectivity index (χ0n) is 12.6. The van der Waals surface area contributed by atoms with E-state index in [0.717, 1.165) is 11.8 Å². The second-order valence-electron chi connectivity index (χ2n) is 6.23. The minimum atomic E-state index is 0. The second-order valence-corrected chi connectivity index (χ2v) is 6.23. The number of hydrogen-bond acceptors (Lipinski definition) is 0. The molecule has 0 N–H and O–H groups in total. The fourth-order valence-corrected chi connectivity index (χ4v) is 3.59. The topological polar surface area (TPSA) is 0 Å². The van der Waals surface area contributed by atoms with Crippen molar-refractivity contribution in [3.05, 3.63) is 34.4 Å².